The van der Waals surface area contributed by atoms with Crippen molar-refractivity contribution in [1.82, 2.24) is 0 Å². The Kier molecular flexibility index (Phi) is 1.11. The summed E-state index contributed by atoms with van der Waals surface area (Å²) in [7, 11) is 0.366. The van der Waals surface area contributed by atoms with E-state index in [4.69, 9.17) is 0 Å². The third-order valence-electron chi connectivity index (χ3n) is 0.648. The average molecular weight is 120 g/mol. The fourth-order valence-electron chi connectivity index (χ4n) is 0.301. The molecule has 42 valence electrons. The Morgan fingerprint density at radius 1 is 1.25 bits per heavy atom. The Hall–Kier alpha value is -0.735. The van der Waals surface area contributed by atoms with Crippen molar-refractivity contribution < 1.29 is 17.5 Å². The van der Waals surface area contributed by atoms with E-state index < -0.39 is 17.5 Å². The van der Waals surface area contributed by atoms with E-state index in [0.717, 1.165) is 0 Å². The molecule has 1 nitrogen and oxygen atoms in total. The predicted molar refractivity (Wildman–Crippen MR) is 19.9 cm³/mol. The summed E-state index contributed by atoms with van der Waals surface area (Å²) in [4.78, 5) is 0. The number of hydrogen-bond acceptors (Lipinski definition) is 1. The van der Waals surface area contributed by atoms with Crippen LogP contribution in [0.4, 0.5) is 13.2 Å². The fourth-order valence-corrected chi connectivity index (χ4v) is 0.301. The molecule has 0 saturated carbocycles. The molecule has 1 rings (SSSR count). The first-order valence-corrected chi connectivity index (χ1v) is 1.80. The van der Waals surface area contributed by atoms with E-state index in [1.165, 1.54) is 0 Å². The van der Waals surface area contributed by atoms with E-state index in [2.05, 4.69) is 4.33 Å². The zero-order valence-electron chi connectivity index (χ0n) is 3.62. The van der Waals surface area contributed by atoms with Gasteiger partial charge in [-0.1, -0.05) is 0 Å². The summed E-state index contributed by atoms with van der Waals surface area (Å²) >= 11 is 0. The standard InChI is InChI=1S/C3BF3O/c5-1-2(6)4-8-3(1)7. The molecule has 0 amide bonds. The van der Waals surface area contributed by atoms with E-state index in [0.29, 0.717) is 7.13 Å². The number of hydrogen-bond donors (Lipinski definition) is 0. The van der Waals surface area contributed by atoms with Crippen molar-refractivity contribution in [3.63, 3.8) is 0 Å². The van der Waals surface area contributed by atoms with Crippen molar-refractivity contribution in [2.75, 3.05) is 0 Å². The van der Waals surface area contributed by atoms with Crippen LogP contribution >= 0.6 is 0 Å². The van der Waals surface area contributed by atoms with Gasteiger partial charge in [0.25, 0.3) is 0 Å². The van der Waals surface area contributed by atoms with Gasteiger partial charge in [0, 0.05) is 0 Å². The van der Waals surface area contributed by atoms with E-state index >= 15 is 0 Å². The minimum absolute atomic E-state index is 0.366. The van der Waals surface area contributed by atoms with Gasteiger partial charge in [-0.05, 0) is 0 Å². The summed E-state index contributed by atoms with van der Waals surface area (Å²) in [5.74, 6) is -1.56. The molecule has 0 aromatic carbocycles. The van der Waals surface area contributed by atoms with Gasteiger partial charge in [0.15, 0.2) is 0 Å². The van der Waals surface area contributed by atoms with Gasteiger partial charge in [-0.3, -0.25) is 0 Å². The summed E-state index contributed by atoms with van der Waals surface area (Å²) in [6, 6.07) is -1.51. The molecule has 0 radical (unpaired) electrons. The number of halogens is 3. The van der Waals surface area contributed by atoms with Gasteiger partial charge in [0.05, 0.1) is 0 Å². The molecule has 0 spiro atoms. The van der Waals surface area contributed by atoms with Crippen LogP contribution in [0, 0.1) is 17.5 Å². The van der Waals surface area contributed by atoms with Gasteiger partial charge in [-0.25, -0.2) is 0 Å². The monoisotopic (exact) mass is 120 g/mol. The van der Waals surface area contributed by atoms with Crippen molar-refractivity contribution in [3.05, 3.63) is 17.5 Å². The maximum absolute atomic E-state index is 11.6. The molecule has 1 aromatic rings. The van der Waals surface area contributed by atoms with Crippen LogP contribution in [0.3, 0.4) is 0 Å². The first kappa shape index (κ1) is 5.40. The van der Waals surface area contributed by atoms with Gasteiger partial charge in [0.1, 0.15) is 0 Å². The van der Waals surface area contributed by atoms with Crippen molar-refractivity contribution in [1.29, 1.82) is 0 Å². The first-order chi connectivity index (χ1) is 3.72. The Bertz CT molecular complexity index is 177. The molecular formula is C3BF3O. The first-order valence-electron chi connectivity index (χ1n) is 1.80. The molecule has 0 aliphatic rings. The summed E-state index contributed by atoms with van der Waals surface area (Å²) in [5, 5.41) is 0. The molecule has 0 bridgehead atoms. The van der Waals surface area contributed by atoms with Gasteiger partial charge in [-0.2, -0.15) is 0 Å². The van der Waals surface area contributed by atoms with Crippen LogP contribution in [0.1, 0.15) is 0 Å². The zero-order chi connectivity index (χ0) is 6.15. The van der Waals surface area contributed by atoms with E-state index in [1.807, 2.05) is 0 Å². The predicted octanol–water partition coefficient (Wildman–Crippen LogP) is 1.04. The molecule has 0 saturated heterocycles. The topological polar surface area (TPSA) is 13.1 Å². The summed E-state index contributed by atoms with van der Waals surface area (Å²) in [5.41, 5.74) is -1.30. The van der Waals surface area contributed by atoms with Gasteiger partial charge in [0.2, 0.25) is 0 Å². The molecule has 0 N–H and O–H groups in total. The second-order valence-corrected chi connectivity index (χ2v) is 1.17. The Balaban J connectivity index is 3.19. The molecule has 0 fully saturated rings. The van der Waals surface area contributed by atoms with Crippen LogP contribution in [0.15, 0.2) is 4.33 Å². The van der Waals surface area contributed by atoms with Crippen molar-refractivity contribution >= 4 is 7.13 Å². The average Bonchev–Trinajstić information content (AvgIpc) is 1.98. The number of rotatable bonds is 0. The summed E-state index contributed by atoms with van der Waals surface area (Å²) in [6.45, 7) is 0. The Labute approximate surface area is 43.4 Å². The van der Waals surface area contributed by atoms with Crippen LogP contribution in [0.2, 0.25) is 0 Å². The summed E-state index contributed by atoms with van der Waals surface area (Å²) in [6.07, 6.45) is 0. The molecular weight excluding hydrogens is 120 g/mol. The third-order valence-corrected chi connectivity index (χ3v) is 0.648. The molecule has 1 heterocycles. The molecule has 5 heteroatoms. The molecule has 8 heavy (non-hydrogen) atoms. The van der Waals surface area contributed by atoms with Crippen LogP contribution < -0.4 is 0 Å². The van der Waals surface area contributed by atoms with Crippen molar-refractivity contribution in [2.24, 2.45) is 0 Å². The second kappa shape index (κ2) is 1.65. The van der Waals surface area contributed by atoms with Crippen molar-refractivity contribution in [2.45, 2.75) is 0 Å². The van der Waals surface area contributed by atoms with Crippen LogP contribution in [0.25, 0.3) is 0 Å². The summed E-state index contributed by atoms with van der Waals surface area (Å²) < 4.78 is 38.5. The second-order valence-electron chi connectivity index (χ2n) is 1.17. The van der Waals surface area contributed by atoms with Crippen LogP contribution in [-0.2, 0) is 0 Å². The molecule has 1 aromatic heterocycles. The normalized spacial score (nSPS) is 9.38. The van der Waals surface area contributed by atoms with Gasteiger partial charge >= 0.3 is 42.2 Å². The SMILES string of the molecule is Fc1boc(F)c1F. The molecule has 0 unspecified atom stereocenters. The van der Waals surface area contributed by atoms with Crippen LogP contribution in [0.5, 0.6) is 0 Å². The minimum atomic E-state index is -1.56. The zero-order valence-corrected chi connectivity index (χ0v) is 3.62. The molecule has 0 aliphatic heterocycles. The van der Waals surface area contributed by atoms with Gasteiger partial charge < -0.3 is 0 Å². The molecule has 0 atom stereocenters. The van der Waals surface area contributed by atoms with E-state index in [9.17, 15) is 13.2 Å². The Morgan fingerprint density at radius 2 is 1.88 bits per heavy atom. The van der Waals surface area contributed by atoms with E-state index in [1.54, 1.807) is 0 Å². The van der Waals surface area contributed by atoms with Gasteiger partial charge in [-0.15, -0.1) is 0 Å². The quantitative estimate of drug-likeness (QED) is 0.498. The molecule has 0 aliphatic carbocycles. The Morgan fingerprint density at radius 3 is 2.00 bits per heavy atom. The third kappa shape index (κ3) is 0.637. The van der Waals surface area contributed by atoms with Crippen LogP contribution in [-0.4, -0.2) is 7.13 Å². The van der Waals surface area contributed by atoms with E-state index in [-0.39, 0.29) is 0 Å². The maximum atomic E-state index is 11.6. The van der Waals surface area contributed by atoms with Crippen molar-refractivity contribution in [3.8, 4) is 0 Å². The fraction of sp³-hybridized carbons (Fsp3) is 0.